The average Bonchev–Trinajstić information content (AvgIpc) is 3.16. The Morgan fingerprint density at radius 1 is 1.09 bits per heavy atom. The fourth-order valence-corrected chi connectivity index (χ4v) is 4.76. The number of rotatable bonds is 7. The summed E-state index contributed by atoms with van der Waals surface area (Å²) in [5, 5.41) is 5.75. The number of halogens is 1. The summed E-state index contributed by atoms with van der Waals surface area (Å²) in [6, 6.07) is 16.0. The van der Waals surface area contributed by atoms with Crippen LogP contribution in [0.3, 0.4) is 0 Å². The molecule has 0 radical (unpaired) electrons. The van der Waals surface area contributed by atoms with E-state index in [1.807, 2.05) is 49.2 Å². The second kappa shape index (κ2) is 10.2. The van der Waals surface area contributed by atoms with Crippen LogP contribution in [0, 0.1) is 0 Å². The number of hydrogen-bond donors (Lipinski definition) is 1. The average molecular weight is 588 g/mol. The van der Waals surface area contributed by atoms with E-state index in [0.717, 1.165) is 39.1 Å². The number of aromatic nitrogens is 3. The van der Waals surface area contributed by atoms with Crippen LogP contribution in [0.25, 0.3) is 22.2 Å². The lowest BCUT2D eigenvalue weighted by Gasteiger charge is -2.13. The summed E-state index contributed by atoms with van der Waals surface area (Å²) in [6.07, 6.45) is 2.46. The fourth-order valence-electron chi connectivity index (χ4n) is 3.71. The molecule has 4 rings (SSSR count). The Kier molecular flexibility index (Phi) is 7.35. The van der Waals surface area contributed by atoms with Gasteiger partial charge in [0, 0.05) is 63.1 Å². The van der Waals surface area contributed by atoms with Gasteiger partial charge in [-0.3, -0.25) is 7.65 Å². The molecule has 176 valence electrons. The van der Waals surface area contributed by atoms with E-state index in [4.69, 9.17) is 18.7 Å². The van der Waals surface area contributed by atoms with E-state index in [-0.39, 0.29) is 14.9 Å². The highest BCUT2D eigenvalue weighted by molar-refractivity contribution is 14.1. The van der Waals surface area contributed by atoms with E-state index >= 15 is 0 Å². The van der Waals surface area contributed by atoms with E-state index in [1.165, 1.54) is 4.90 Å². The number of amides is 1. The van der Waals surface area contributed by atoms with Crippen molar-refractivity contribution in [3.05, 3.63) is 71.5 Å². The number of anilines is 2. The second-order valence-electron chi connectivity index (χ2n) is 8.36. The molecule has 0 aliphatic carbocycles. The minimum absolute atomic E-state index is 0.0266. The lowest BCUT2D eigenvalue weighted by molar-refractivity contribution is 0.0828. The Labute approximate surface area is 214 Å². The number of nitrogen functional groups attached to an aromatic ring is 1. The minimum Gasteiger partial charge on any atom is -0.398 e. The predicted octanol–water partition coefficient (Wildman–Crippen LogP) is 4.76. The number of fused-ring (bicyclic) bond motifs is 1. The van der Waals surface area contributed by atoms with Crippen molar-refractivity contribution in [2.24, 2.45) is 0 Å². The van der Waals surface area contributed by atoms with Gasteiger partial charge in [0.15, 0.2) is 14.6 Å². The molecule has 1 unspecified atom stereocenters. The van der Waals surface area contributed by atoms with Gasteiger partial charge >= 0.3 is 0 Å². The molecule has 1 atom stereocenters. The molecule has 0 spiro atoms. The summed E-state index contributed by atoms with van der Waals surface area (Å²) in [7, 11) is 7.50. The number of benzene rings is 2. The topological polar surface area (TPSA) is 89.5 Å². The Balaban J connectivity index is 1.77. The van der Waals surface area contributed by atoms with Crippen molar-refractivity contribution in [1.29, 1.82) is 0 Å². The van der Waals surface area contributed by atoms with E-state index in [2.05, 4.69) is 35.2 Å². The lowest BCUT2D eigenvalue weighted by atomic mass is 10.0. The first-order valence-corrected chi connectivity index (χ1v) is 12.3. The summed E-state index contributed by atoms with van der Waals surface area (Å²) in [6.45, 7) is 0. The molecular weight excluding hydrogens is 562 g/mol. The minimum atomic E-state index is -0.136. The van der Waals surface area contributed by atoms with Gasteiger partial charge in [-0.25, -0.2) is 9.44 Å². The highest BCUT2D eigenvalue weighted by Crippen LogP contribution is 2.32. The van der Waals surface area contributed by atoms with Gasteiger partial charge < -0.3 is 15.5 Å². The van der Waals surface area contributed by atoms with Gasteiger partial charge in [-0.05, 0) is 41.5 Å². The van der Waals surface area contributed by atoms with E-state index in [1.54, 1.807) is 30.8 Å². The van der Waals surface area contributed by atoms with E-state index < -0.39 is 0 Å². The van der Waals surface area contributed by atoms with Gasteiger partial charge in [-0.15, -0.1) is 0 Å². The smallest absolute Gasteiger partial charge is 0.255 e. The first-order chi connectivity index (χ1) is 16.3. The summed E-state index contributed by atoms with van der Waals surface area (Å²) in [5.74, 6) is -0.136. The van der Waals surface area contributed by atoms with Gasteiger partial charge in [0.1, 0.15) is 23.0 Å². The van der Waals surface area contributed by atoms with Crippen LogP contribution in [0.1, 0.15) is 21.6 Å². The molecule has 0 aliphatic heterocycles. The number of nitrogens with zero attached hydrogens (tertiary/aromatic N) is 5. The quantitative estimate of drug-likeness (QED) is 0.190. The van der Waals surface area contributed by atoms with Gasteiger partial charge in [0.2, 0.25) is 0 Å². The van der Waals surface area contributed by atoms with Crippen LogP contribution < -0.4 is 10.6 Å². The molecule has 2 aromatic carbocycles. The third-order valence-electron chi connectivity index (χ3n) is 5.57. The molecule has 4 aromatic rings. The van der Waals surface area contributed by atoms with Crippen molar-refractivity contribution in [3.63, 3.8) is 0 Å². The van der Waals surface area contributed by atoms with Crippen molar-refractivity contribution in [3.8, 4) is 11.1 Å². The highest BCUT2D eigenvalue weighted by atomic mass is 127. The fraction of sp³-hybridized carbons (Fsp3) is 0.208. The van der Waals surface area contributed by atoms with Gasteiger partial charge in [-0.1, -0.05) is 18.2 Å². The summed E-state index contributed by atoms with van der Waals surface area (Å²) in [5.41, 5.74) is 12.8. The molecule has 0 saturated carbocycles. The van der Waals surface area contributed by atoms with Crippen LogP contribution in [0.15, 0.2) is 54.7 Å². The molecular formula is C24H26IN6O2P. The molecule has 0 bridgehead atoms. The molecule has 2 N–H and O–H groups in total. The van der Waals surface area contributed by atoms with Gasteiger partial charge in [0.25, 0.3) is 5.91 Å². The Morgan fingerprint density at radius 3 is 2.47 bits per heavy atom. The third kappa shape index (κ3) is 5.01. The van der Waals surface area contributed by atoms with Crippen LogP contribution in [0.5, 0.6) is 0 Å². The normalized spacial score (nSPS) is 11.4. The molecule has 1 amide bonds. The molecule has 8 nitrogen and oxygen atoms in total. The predicted molar refractivity (Wildman–Crippen MR) is 148 cm³/mol. The van der Waals surface area contributed by atoms with Crippen LogP contribution in [-0.2, 0) is 9.27 Å². The van der Waals surface area contributed by atoms with E-state index in [0.29, 0.717) is 17.7 Å². The van der Waals surface area contributed by atoms with E-state index in [9.17, 15) is 4.79 Å². The second-order valence-corrected chi connectivity index (χ2v) is 10.4. The monoisotopic (exact) mass is 588 g/mol. The first-order valence-electron chi connectivity index (χ1n) is 10.6. The van der Waals surface area contributed by atoms with Crippen LogP contribution in [0.2, 0.25) is 0 Å². The van der Waals surface area contributed by atoms with Crippen molar-refractivity contribution in [2.45, 2.75) is 6.42 Å². The summed E-state index contributed by atoms with van der Waals surface area (Å²) >= 11 is 1.87. The maximum atomic E-state index is 12.6. The zero-order chi connectivity index (χ0) is 24.4. The molecule has 0 aliphatic rings. The van der Waals surface area contributed by atoms with Crippen LogP contribution in [0.4, 0.5) is 11.4 Å². The largest absolute Gasteiger partial charge is 0.398 e. The zero-order valence-corrected chi connectivity index (χ0v) is 22.6. The SMILES string of the molecule is CN(C)C(=O)c1cc(-c2cnc3c(c2)c(Cc2ccc(N(C)C)cc2)nn3POI)ccc1N. The third-order valence-corrected chi connectivity index (χ3v) is 6.71. The van der Waals surface area contributed by atoms with Crippen molar-refractivity contribution in [1.82, 2.24) is 19.4 Å². The summed E-state index contributed by atoms with van der Waals surface area (Å²) in [4.78, 5) is 20.9. The number of hydrogen-bond acceptors (Lipinski definition) is 6. The number of carbonyl (C=O) groups is 1. The zero-order valence-electron chi connectivity index (χ0n) is 19.4. The van der Waals surface area contributed by atoms with Gasteiger partial charge in [-0.2, -0.15) is 5.10 Å². The Bertz CT molecular complexity index is 1340. The molecule has 0 saturated heterocycles. The molecule has 10 heteroatoms. The molecule has 2 aromatic heterocycles. The molecule has 34 heavy (non-hydrogen) atoms. The maximum absolute atomic E-state index is 12.6. The lowest BCUT2D eigenvalue weighted by Crippen LogP contribution is -2.22. The number of carbonyl (C=O) groups excluding carboxylic acids is 1. The Morgan fingerprint density at radius 2 is 1.82 bits per heavy atom. The summed E-state index contributed by atoms with van der Waals surface area (Å²) < 4.78 is 7.12. The standard InChI is InChI=1S/C24H26IN6O2P/c1-29(2)18-8-5-15(6-9-18)11-22-20-13-17(14-27-23(20)31(28-22)34-33-25)16-7-10-21(26)19(12-16)24(32)30(3)4/h5-10,12-14,34H,11,26H2,1-4H3. The van der Waals surface area contributed by atoms with Crippen LogP contribution >= 0.6 is 32.0 Å². The highest BCUT2D eigenvalue weighted by Gasteiger charge is 2.17. The number of nitrogens with two attached hydrogens (primary N) is 1. The first kappa shape index (κ1) is 24.4. The number of pyridine rings is 1. The van der Waals surface area contributed by atoms with Crippen molar-refractivity contribution >= 4 is 60.3 Å². The Hall–Kier alpha value is -2.75. The van der Waals surface area contributed by atoms with Crippen LogP contribution in [-0.4, -0.2) is 53.5 Å². The van der Waals surface area contributed by atoms with Crippen molar-refractivity contribution in [2.75, 3.05) is 38.8 Å². The molecule has 2 heterocycles. The molecule has 0 fully saturated rings. The maximum Gasteiger partial charge on any atom is 0.255 e. The van der Waals surface area contributed by atoms with Gasteiger partial charge in [0.05, 0.1) is 11.3 Å². The van der Waals surface area contributed by atoms with Crippen molar-refractivity contribution < 1.29 is 7.65 Å².